The molecule has 0 radical (unpaired) electrons. The van der Waals surface area contributed by atoms with Gasteiger partial charge in [-0.15, -0.1) is 0 Å². The first kappa shape index (κ1) is 20.3. The number of nitrogens with one attached hydrogen (secondary N) is 1. The fourth-order valence-corrected chi connectivity index (χ4v) is 1.99. The highest BCUT2D eigenvalue weighted by molar-refractivity contribution is 5.91. The Hall–Kier alpha value is -3.99. The molecular weight excluding hydrogens is 374 g/mol. The van der Waals surface area contributed by atoms with Gasteiger partial charge in [0.05, 0.1) is 12.8 Å². The number of aliphatic hydroxyl groups excluding tert-OH is 1. The molecular formula is C17H17N3O8. The van der Waals surface area contributed by atoms with Crippen LogP contribution in [0.3, 0.4) is 0 Å². The van der Waals surface area contributed by atoms with Crippen molar-refractivity contribution >= 4 is 18.3 Å². The van der Waals surface area contributed by atoms with Gasteiger partial charge in [0, 0.05) is 17.3 Å². The first-order valence-corrected chi connectivity index (χ1v) is 7.71. The number of benzene rings is 2. The Morgan fingerprint density at radius 1 is 0.857 bits per heavy atom. The second-order valence-electron chi connectivity index (χ2n) is 5.45. The highest BCUT2D eigenvalue weighted by Crippen LogP contribution is 2.37. The first-order chi connectivity index (χ1) is 13.3. The fraction of sp³-hybridized carbons (Fsp3) is 0.118. The lowest BCUT2D eigenvalue weighted by atomic mass is 10.2. The smallest absolute Gasteiger partial charge is 0.267 e. The van der Waals surface area contributed by atoms with Gasteiger partial charge in [-0.3, -0.25) is 9.79 Å². The molecule has 0 fully saturated rings. The van der Waals surface area contributed by atoms with E-state index in [1.807, 2.05) is 0 Å². The van der Waals surface area contributed by atoms with Crippen LogP contribution in [0.25, 0.3) is 0 Å². The van der Waals surface area contributed by atoms with Gasteiger partial charge in [-0.1, -0.05) is 0 Å². The molecule has 0 aliphatic heterocycles. The van der Waals surface area contributed by atoms with E-state index in [0.29, 0.717) is 0 Å². The molecule has 0 aromatic heterocycles. The minimum atomic E-state index is -1.31. The van der Waals surface area contributed by atoms with Gasteiger partial charge in [-0.05, 0) is 24.3 Å². The van der Waals surface area contributed by atoms with E-state index in [-0.39, 0.29) is 11.1 Å². The molecule has 11 heteroatoms. The summed E-state index contributed by atoms with van der Waals surface area (Å²) in [6.45, 7) is -0.700. The maximum absolute atomic E-state index is 12.0. The van der Waals surface area contributed by atoms with E-state index in [1.165, 1.54) is 12.1 Å². The second-order valence-corrected chi connectivity index (χ2v) is 5.45. The maximum atomic E-state index is 12.0. The van der Waals surface area contributed by atoms with Gasteiger partial charge >= 0.3 is 0 Å². The van der Waals surface area contributed by atoms with E-state index < -0.39 is 53.1 Å². The van der Waals surface area contributed by atoms with Crippen molar-refractivity contribution in [1.29, 1.82) is 0 Å². The summed E-state index contributed by atoms with van der Waals surface area (Å²) in [4.78, 5) is 15.8. The van der Waals surface area contributed by atoms with E-state index in [2.05, 4.69) is 15.5 Å². The minimum Gasteiger partial charge on any atom is -0.504 e. The van der Waals surface area contributed by atoms with E-state index in [0.717, 1.165) is 24.6 Å². The number of phenolic OH excluding ortho intramolecular Hbond substituents is 6. The number of hydrazone groups is 1. The van der Waals surface area contributed by atoms with Crippen molar-refractivity contribution in [3.05, 3.63) is 35.4 Å². The number of hydrogen-bond donors (Lipinski definition) is 8. The summed E-state index contributed by atoms with van der Waals surface area (Å²) < 4.78 is 0. The lowest BCUT2D eigenvalue weighted by Gasteiger charge is -2.08. The zero-order chi connectivity index (χ0) is 20.8. The molecule has 0 saturated carbocycles. The van der Waals surface area contributed by atoms with Gasteiger partial charge in [0.2, 0.25) is 11.5 Å². The Kier molecular flexibility index (Phi) is 6.24. The summed E-state index contributed by atoms with van der Waals surface area (Å²) in [6, 6.07) is 3.38. The number of aliphatic hydroxyl groups is 1. The summed E-state index contributed by atoms with van der Waals surface area (Å²) in [5.41, 5.74) is 2.06. The summed E-state index contributed by atoms with van der Waals surface area (Å²) in [5, 5.41) is 69.5. The number of aliphatic imine (C=N–C) groups is 1. The third kappa shape index (κ3) is 4.40. The SMILES string of the molecule is O=C(NN=Cc1ccc(O)c(O)c1O)C(CO)N=Cc1ccc(O)c(O)c1O. The zero-order valence-electron chi connectivity index (χ0n) is 14.2. The number of amides is 1. The Morgan fingerprint density at radius 2 is 1.36 bits per heavy atom. The van der Waals surface area contributed by atoms with Crippen molar-refractivity contribution in [2.45, 2.75) is 6.04 Å². The molecule has 0 heterocycles. The number of hydrogen-bond acceptors (Lipinski definition) is 10. The van der Waals surface area contributed by atoms with Crippen molar-refractivity contribution in [3.8, 4) is 34.5 Å². The zero-order valence-corrected chi connectivity index (χ0v) is 14.2. The van der Waals surface area contributed by atoms with Crippen LogP contribution in [-0.2, 0) is 4.79 Å². The van der Waals surface area contributed by atoms with Crippen molar-refractivity contribution in [1.82, 2.24) is 5.43 Å². The van der Waals surface area contributed by atoms with Crippen molar-refractivity contribution in [2.75, 3.05) is 6.61 Å². The van der Waals surface area contributed by atoms with Gasteiger partial charge in [0.15, 0.2) is 29.0 Å². The first-order valence-electron chi connectivity index (χ1n) is 7.71. The molecule has 28 heavy (non-hydrogen) atoms. The Balaban J connectivity index is 2.08. The van der Waals surface area contributed by atoms with Crippen molar-refractivity contribution in [2.24, 2.45) is 10.1 Å². The molecule has 8 N–H and O–H groups in total. The third-order valence-corrected chi connectivity index (χ3v) is 3.57. The largest absolute Gasteiger partial charge is 0.504 e. The quantitative estimate of drug-likeness (QED) is 0.189. The predicted molar refractivity (Wildman–Crippen MR) is 97.1 cm³/mol. The molecule has 148 valence electrons. The summed E-state index contributed by atoms with van der Waals surface area (Å²) in [5.74, 6) is -4.69. The Bertz CT molecular complexity index is 942. The van der Waals surface area contributed by atoms with Crippen molar-refractivity contribution < 1.29 is 40.5 Å². The van der Waals surface area contributed by atoms with Gasteiger partial charge < -0.3 is 35.7 Å². The molecule has 0 aliphatic rings. The number of phenols is 6. The van der Waals surface area contributed by atoms with Crippen LogP contribution in [0.4, 0.5) is 0 Å². The van der Waals surface area contributed by atoms with Crippen LogP contribution < -0.4 is 5.43 Å². The standard InChI is InChI=1S/C17H17N3O8/c21-7-10(18-5-8-1-3-11(22)15(26)13(8)24)17(28)20-19-6-9-2-4-12(23)16(27)14(9)25/h1-6,10,21-27H,7H2,(H,20,28). The molecule has 1 amide bonds. The van der Waals surface area contributed by atoms with Gasteiger partial charge in [-0.2, -0.15) is 5.10 Å². The molecule has 0 bridgehead atoms. The lowest BCUT2D eigenvalue weighted by molar-refractivity contribution is -0.123. The Labute approximate surface area is 157 Å². The van der Waals surface area contributed by atoms with Crippen LogP contribution in [0.5, 0.6) is 34.5 Å². The highest BCUT2D eigenvalue weighted by Gasteiger charge is 2.16. The van der Waals surface area contributed by atoms with Crippen LogP contribution >= 0.6 is 0 Å². The maximum Gasteiger partial charge on any atom is 0.267 e. The van der Waals surface area contributed by atoms with Gasteiger partial charge in [-0.25, -0.2) is 5.43 Å². The fourth-order valence-electron chi connectivity index (χ4n) is 1.99. The van der Waals surface area contributed by atoms with E-state index >= 15 is 0 Å². The van der Waals surface area contributed by atoms with Gasteiger partial charge in [0.25, 0.3) is 5.91 Å². The van der Waals surface area contributed by atoms with Crippen molar-refractivity contribution in [3.63, 3.8) is 0 Å². The molecule has 0 aliphatic carbocycles. The number of rotatable bonds is 6. The summed E-state index contributed by atoms with van der Waals surface area (Å²) >= 11 is 0. The molecule has 2 aromatic rings. The second kappa shape index (κ2) is 8.60. The molecule has 2 aromatic carbocycles. The van der Waals surface area contributed by atoms with Gasteiger partial charge in [0.1, 0.15) is 0 Å². The average Bonchev–Trinajstić information content (AvgIpc) is 2.68. The topological polar surface area (TPSA) is 195 Å². The van der Waals surface area contributed by atoms with E-state index in [9.17, 15) is 40.5 Å². The van der Waals surface area contributed by atoms with Crippen LogP contribution in [-0.4, -0.2) is 66.7 Å². The minimum absolute atomic E-state index is 0.00383. The molecule has 11 nitrogen and oxygen atoms in total. The number of aromatic hydroxyl groups is 6. The van der Waals surface area contributed by atoms with E-state index in [1.54, 1.807) is 0 Å². The normalized spacial score (nSPS) is 12.5. The summed E-state index contributed by atoms with van der Waals surface area (Å²) in [7, 11) is 0. The number of carbonyl (C=O) groups is 1. The average molecular weight is 391 g/mol. The van der Waals surface area contributed by atoms with Crippen LogP contribution in [0.1, 0.15) is 11.1 Å². The Morgan fingerprint density at radius 3 is 1.86 bits per heavy atom. The molecule has 1 atom stereocenters. The van der Waals surface area contributed by atoms with E-state index in [4.69, 9.17) is 0 Å². The molecule has 1 unspecified atom stereocenters. The summed E-state index contributed by atoms with van der Waals surface area (Å²) in [6.07, 6.45) is 2.01. The molecule has 2 rings (SSSR count). The number of nitrogens with zero attached hydrogens (tertiary/aromatic N) is 2. The van der Waals surface area contributed by atoms with Crippen LogP contribution in [0.15, 0.2) is 34.4 Å². The monoisotopic (exact) mass is 391 g/mol. The van der Waals surface area contributed by atoms with Crippen LogP contribution in [0, 0.1) is 0 Å². The molecule has 0 saturated heterocycles. The predicted octanol–water partition coefficient (Wildman–Crippen LogP) is -0.150. The van der Waals surface area contributed by atoms with Crippen LogP contribution in [0.2, 0.25) is 0 Å². The highest BCUT2D eigenvalue weighted by atomic mass is 16.3. The number of carbonyl (C=O) groups excluding carboxylic acids is 1. The lowest BCUT2D eigenvalue weighted by Crippen LogP contribution is -2.33. The molecule has 0 spiro atoms. The third-order valence-electron chi connectivity index (χ3n) is 3.57.